The first-order valence-corrected chi connectivity index (χ1v) is 12.1. The third-order valence-corrected chi connectivity index (χ3v) is 7.17. The van der Waals surface area contributed by atoms with Crippen LogP contribution in [0.15, 0.2) is 59.3 Å². The zero-order valence-electron chi connectivity index (χ0n) is 20.2. The molecule has 2 atom stereocenters. The Kier molecular flexibility index (Phi) is 5.16. The van der Waals surface area contributed by atoms with Gasteiger partial charge in [0.25, 0.3) is 11.9 Å². The topological polar surface area (TPSA) is 80.3 Å². The van der Waals surface area contributed by atoms with Gasteiger partial charge in [0, 0.05) is 31.1 Å². The molecule has 178 valence electrons. The lowest BCUT2D eigenvalue weighted by Gasteiger charge is -2.52. The number of rotatable bonds is 4. The van der Waals surface area contributed by atoms with Crippen LogP contribution in [0.3, 0.4) is 0 Å². The molecule has 2 saturated heterocycles. The minimum Gasteiger partial charge on any atom is -0.423 e. The van der Waals surface area contributed by atoms with Crippen LogP contribution in [0.1, 0.15) is 33.6 Å². The number of benzene rings is 2. The monoisotopic (exact) mass is 468 g/mol. The second kappa shape index (κ2) is 8.37. The fraction of sp³-hybridized carbons (Fsp3) is 0.333. The first-order chi connectivity index (χ1) is 17.0. The lowest BCUT2D eigenvalue weighted by Crippen LogP contribution is -2.65. The van der Waals surface area contributed by atoms with Crippen molar-refractivity contribution in [2.45, 2.75) is 33.2 Å². The van der Waals surface area contributed by atoms with E-state index in [1.165, 1.54) is 10.4 Å². The van der Waals surface area contributed by atoms with E-state index in [9.17, 15) is 4.79 Å². The van der Waals surface area contributed by atoms with E-state index < -0.39 is 0 Å². The van der Waals surface area contributed by atoms with E-state index in [1.54, 1.807) is 12.4 Å². The highest BCUT2D eigenvalue weighted by Crippen LogP contribution is 2.39. The zero-order valence-corrected chi connectivity index (χ0v) is 20.2. The number of aromatic nitrogens is 4. The second-order valence-electron chi connectivity index (χ2n) is 9.64. The summed E-state index contributed by atoms with van der Waals surface area (Å²) in [6.07, 6.45) is 4.21. The van der Waals surface area contributed by atoms with Crippen molar-refractivity contribution in [3.8, 4) is 17.0 Å². The van der Waals surface area contributed by atoms with Crippen molar-refractivity contribution in [2.24, 2.45) is 5.92 Å². The SMILES string of the molecule is Cc1cccc(-c2oc(N3C[C@@H]4CCN(C(=O)c5cc(C)ccc5-n5nccn5)C[C@@H]43)nc2C)c1. The van der Waals surface area contributed by atoms with Crippen LogP contribution in [0.2, 0.25) is 0 Å². The number of aryl methyl sites for hydroxylation is 3. The van der Waals surface area contributed by atoms with Crippen molar-refractivity contribution in [1.82, 2.24) is 24.9 Å². The second-order valence-corrected chi connectivity index (χ2v) is 9.64. The first-order valence-electron chi connectivity index (χ1n) is 12.1. The van der Waals surface area contributed by atoms with Crippen LogP contribution in [-0.4, -0.2) is 56.5 Å². The predicted molar refractivity (Wildman–Crippen MR) is 133 cm³/mol. The minimum absolute atomic E-state index is 0.00957. The van der Waals surface area contributed by atoms with Gasteiger partial charge in [-0.25, -0.2) is 0 Å². The minimum atomic E-state index is 0.00957. The van der Waals surface area contributed by atoms with E-state index in [0.29, 0.717) is 29.7 Å². The third-order valence-electron chi connectivity index (χ3n) is 7.17. The molecule has 6 rings (SSSR count). The summed E-state index contributed by atoms with van der Waals surface area (Å²) in [5, 5.41) is 8.48. The van der Waals surface area contributed by atoms with E-state index in [2.05, 4.69) is 40.2 Å². The summed E-state index contributed by atoms with van der Waals surface area (Å²) in [6.45, 7) is 8.35. The molecule has 8 heteroatoms. The van der Waals surface area contributed by atoms with Gasteiger partial charge in [-0.15, -0.1) is 0 Å². The van der Waals surface area contributed by atoms with Gasteiger partial charge < -0.3 is 14.2 Å². The number of fused-ring (bicyclic) bond motifs is 1. The van der Waals surface area contributed by atoms with Gasteiger partial charge in [0.05, 0.1) is 35.4 Å². The Morgan fingerprint density at radius 1 is 1.00 bits per heavy atom. The number of nitrogens with zero attached hydrogens (tertiary/aromatic N) is 6. The summed E-state index contributed by atoms with van der Waals surface area (Å²) in [5.41, 5.74) is 5.46. The summed E-state index contributed by atoms with van der Waals surface area (Å²) in [5.74, 6) is 1.36. The van der Waals surface area contributed by atoms with Crippen LogP contribution >= 0.6 is 0 Å². The van der Waals surface area contributed by atoms with Gasteiger partial charge >= 0.3 is 0 Å². The number of likely N-dealkylation sites (tertiary alicyclic amines) is 1. The molecule has 4 heterocycles. The molecule has 0 N–H and O–H groups in total. The molecule has 2 aliphatic heterocycles. The van der Waals surface area contributed by atoms with Crippen molar-refractivity contribution < 1.29 is 9.21 Å². The van der Waals surface area contributed by atoms with Crippen molar-refractivity contribution in [1.29, 1.82) is 0 Å². The molecular weight excluding hydrogens is 440 g/mol. The molecule has 0 spiro atoms. The van der Waals surface area contributed by atoms with E-state index >= 15 is 0 Å². The Morgan fingerprint density at radius 2 is 1.80 bits per heavy atom. The Hall–Kier alpha value is -3.94. The van der Waals surface area contributed by atoms with Gasteiger partial charge in [0.1, 0.15) is 0 Å². The largest absolute Gasteiger partial charge is 0.423 e. The summed E-state index contributed by atoms with van der Waals surface area (Å²) in [4.78, 5) is 24.1. The van der Waals surface area contributed by atoms with Crippen molar-refractivity contribution in [3.05, 3.63) is 77.2 Å². The summed E-state index contributed by atoms with van der Waals surface area (Å²) in [6, 6.07) is 14.9. The molecule has 8 nitrogen and oxygen atoms in total. The Balaban J connectivity index is 1.24. The standard InChI is InChI=1S/C27H28N6O2/c1-17-5-4-6-20(13-17)25-19(3)30-27(35-25)32-15-21-9-12-31(16-24(21)32)26(34)22-14-18(2)7-8-23(22)33-28-10-11-29-33/h4-8,10-11,13-14,21,24H,9,12,15-16H2,1-3H3/t21-,24-/m0/s1. The first kappa shape index (κ1) is 21.6. The predicted octanol–water partition coefficient (Wildman–Crippen LogP) is 4.20. The molecule has 2 aromatic heterocycles. The van der Waals surface area contributed by atoms with Crippen LogP contribution in [-0.2, 0) is 0 Å². The van der Waals surface area contributed by atoms with Crippen LogP contribution in [0.4, 0.5) is 6.01 Å². The quantitative estimate of drug-likeness (QED) is 0.447. The maximum absolute atomic E-state index is 13.7. The third kappa shape index (κ3) is 3.79. The maximum atomic E-state index is 13.7. The molecule has 0 saturated carbocycles. The Morgan fingerprint density at radius 3 is 2.60 bits per heavy atom. The van der Waals surface area contributed by atoms with Crippen LogP contribution in [0.5, 0.6) is 0 Å². The molecule has 2 fully saturated rings. The number of carbonyl (C=O) groups is 1. The highest BCUT2D eigenvalue weighted by Gasteiger charge is 2.46. The van der Waals surface area contributed by atoms with E-state index in [4.69, 9.17) is 9.40 Å². The number of amides is 1. The fourth-order valence-corrected chi connectivity index (χ4v) is 5.27. The number of hydrogen-bond acceptors (Lipinski definition) is 6. The van der Waals surface area contributed by atoms with Crippen LogP contribution < -0.4 is 4.90 Å². The lowest BCUT2D eigenvalue weighted by molar-refractivity contribution is 0.0582. The molecule has 2 aliphatic rings. The number of carbonyl (C=O) groups excluding carboxylic acids is 1. The smallest absolute Gasteiger partial charge is 0.298 e. The average molecular weight is 469 g/mol. The number of oxazole rings is 1. The van der Waals surface area contributed by atoms with Gasteiger partial charge in [-0.1, -0.05) is 35.4 Å². The molecule has 0 unspecified atom stereocenters. The molecule has 35 heavy (non-hydrogen) atoms. The number of anilines is 1. The molecule has 0 aliphatic carbocycles. The fourth-order valence-electron chi connectivity index (χ4n) is 5.27. The Bertz CT molecular complexity index is 1390. The van der Waals surface area contributed by atoms with Gasteiger partial charge in [0.15, 0.2) is 5.76 Å². The molecule has 2 aromatic carbocycles. The molecule has 1 amide bonds. The summed E-state index contributed by atoms with van der Waals surface area (Å²) < 4.78 is 6.26. The van der Waals surface area contributed by atoms with E-state index in [1.807, 2.05) is 43.0 Å². The highest BCUT2D eigenvalue weighted by molar-refractivity contribution is 5.98. The molecule has 4 aromatic rings. The molecular formula is C27H28N6O2. The van der Waals surface area contributed by atoms with Gasteiger partial charge in [-0.3, -0.25) is 4.79 Å². The van der Waals surface area contributed by atoms with E-state index in [-0.39, 0.29) is 11.9 Å². The van der Waals surface area contributed by atoms with Crippen LogP contribution in [0.25, 0.3) is 17.0 Å². The van der Waals surface area contributed by atoms with Crippen molar-refractivity contribution in [2.75, 3.05) is 24.5 Å². The van der Waals surface area contributed by atoms with Crippen LogP contribution in [0, 0.1) is 26.7 Å². The number of hydrogen-bond donors (Lipinski definition) is 0. The summed E-state index contributed by atoms with van der Waals surface area (Å²) in [7, 11) is 0. The highest BCUT2D eigenvalue weighted by atomic mass is 16.4. The lowest BCUT2D eigenvalue weighted by atomic mass is 9.82. The van der Waals surface area contributed by atoms with Gasteiger partial charge in [-0.2, -0.15) is 20.0 Å². The van der Waals surface area contributed by atoms with Gasteiger partial charge in [0.2, 0.25) is 0 Å². The zero-order chi connectivity index (χ0) is 24.1. The van der Waals surface area contributed by atoms with Crippen molar-refractivity contribution in [3.63, 3.8) is 0 Å². The number of piperidine rings is 1. The molecule has 0 radical (unpaired) electrons. The maximum Gasteiger partial charge on any atom is 0.298 e. The molecule has 0 bridgehead atoms. The van der Waals surface area contributed by atoms with E-state index in [0.717, 1.165) is 42.1 Å². The average Bonchev–Trinajstić information content (AvgIpc) is 3.49. The van der Waals surface area contributed by atoms with Gasteiger partial charge in [-0.05, 0) is 45.4 Å². The summed E-state index contributed by atoms with van der Waals surface area (Å²) >= 11 is 0. The normalized spacial score (nSPS) is 19.4. The Labute approximate surface area is 204 Å². The van der Waals surface area contributed by atoms with Crippen molar-refractivity contribution >= 4 is 11.9 Å².